The Labute approximate surface area is 98.9 Å². The molecule has 0 aromatic carbocycles. The maximum absolute atomic E-state index is 13.8. The molecule has 2 nitrogen and oxygen atoms in total. The lowest BCUT2D eigenvalue weighted by atomic mass is 9.82. The molecule has 1 aromatic heterocycles. The van der Waals surface area contributed by atoms with Gasteiger partial charge in [0.25, 0.3) is 0 Å². The second kappa shape index (κ2) is 4.42. The average Bonchev–Trinajstić information content (AvgIpc) is 2.60. The van der Waals surface area contributed by atoms with Crippen LogP contribution in [0.2, 0.25) is 0 Å². The topological polar surface area (TPSA) is 49.8 Å². The van der Waals surface area contributed by atoms with E-state index in [0.29, 0.717) is 27.8 Å². The van der Waals surface area contributed by atoms with Gasteiger partial charge in [0.05, 0.1) is 5.56 Å². The molecule has 0 spiro atoms. The highest BCUT2D eigenvalue weighted by Crippen LogP contribution is 2.48. The van der Waals surface area contributed by atoms with E-state index in [0.717, 1.165) is 24.8 Å². The summed E-state index contributed by atoms with van der Waals surface area (Å²) in [6.45, 7) is 2.11. The van der Waals surface area contributed by atoms with Crippen molar-refractivity contribution in [3.05, 3.63) is 16.0 Å². The predicted octanol–water partition coefficient (Wildman–Crippen LogP) is 3.89. The van der Waals surface area contributed by atoms with Gasteiger partial charge in [-0.2, -0.15) is 5.26 Å². The first-order valence-corrected chi connectivity index (χ1v) is 6.46. The van der Waals surface area contributed by atoms with E-state index in [2.05, 4.69) is 13.0 Å². The maximum atomic E-state index is 13.8. The summed E-state index contributed by atoms with van der Waals surface area (Å²) < 4.78 is 13.8. The van der Waals surface area contributed by atoms with E-state index in [1.165, 1.54) is 11.3 Å². The number of rotatable bonds is 2. The smallest absolute Gasteiger partial charge is 0.135 e. The fourth-order valence-electron chi connectivity index (χ4n) is 2.49. The van der Waals surface area contributed by atoms with Gasteiger partial charge in [-0.3, -0.25) is 0 Å². The predicted molar refractivity (Wildman–Crippen MR) is 64.2 cm³/mol. The van der Waals surface area contributed by atoms with Crippen LogP contribution in [0.1, 0.15) is 60.7 Å². The Bertz CT molecular complexity index is 433. The van der Waals surface area contributed by atoms with Crippen molar-refractivity contribution in [1.82, 2.24) is 0 Å². The van der Waals surface area contributed by atoms with E-state index in [9.17, 15) is 4.39 Å². The summed E-state index contributed by atoms with van der Waals surface area (Å²) in [5.74, 6) is 0.329. The summed E-state index contributed by atoms with van der Waals surface area (Å²) in [5.41, 5.74) is 7.22. The summed E-state index contributed by atoms with van der Waals surface area (Å²) in [6.07, 6.45) is 2.57. The average molecular weight is 238 g/mol. The molecule has 2 unspecified atom stereocenters. The lowest BCUT2D eigenvalue weighted by Gasteiger charge is -2.24. The minimum absolute atomic E-state index is 0.329. The Morgan fingerprint density at radius 3 is 2.94 bits per heavy atom. The molecule has 1 aromatic rings. The normalized spacial score (nSPS) is 23.8. The zero-order valence-corrected chi connectivity index (χ0v) is 10.1. The molecule has 1 heterocycles. The number of nitriles is 1. The number of hydrogen-bond donors (Lipinski definition) is 1. The van der Waals surface area contributed by atoms with Crippen LogP contribution in [0.15, 0.2) is 0 Å². The van der Waals surface area contributed by atoms with E-state index in [4.69, 9.17) is 11.0 Å². The molecule has 0 radical (unpaired) electrons. The van der Waals surface area contributed by atoms with Gasteiger partial charge in [-0.15, -0.1) is 11.3 Å². The Balaban J connectivity index is 2.50. The van der Waals surface area contributed by atoms with Crippen LogP contribution in [0.5, 0.6) is 0 Å². The van der Waals surface area contributed by atoms with E-state index in [1.807, 2.05) is 0 Å². The van der Waals surface area contributed by atoms with Gasteiger partial charge < -0.3 is 5.73 Å². The molecule has 2 atom stereocenters. The Morgan fingerprint density at radius 2 is 2.31 bits per heavy atom. The fourth-order valence-corrected chi connectivity index (χ4v) is 3.61. The standard InChI is InChI=1S/C12H15FN2S/c1-2-3-7-4-5-9(13)11-10(7)8(6-14)12(15)16-11/h7,9H,2-5,15H2,1H3. The zero-order chi connectivity index (χ0) is 11.7. The third-order valence-corrected chi connectivity index (χ3v) is 4.33. The van der Waals surface area contributed by atoms with Crippen molar-refractivity contribution < 1.29 is 4.39 Å². The maximum Gasteiger partial charge on any atom is 0.135 e. The fraction of sp³-hybridized carbons (Fsp3) is 0.583. The monoisotopic (exact) mass is 238 g/mol. The lowest BCUT2D eigenvalue weighted by molar-refractivity contribution is 0.289. The Morgan fingerprint density at radius 1 is 1.56 bits per heavy atom. The van der Waals surface area contributed by atoms with Gasteiger partial charge in [0.15, 0.2) is 0 Å². The van der Waals surface area contributed by atoms with Crippen LogP contribution in [-0.4, -0.2) is 0 Å². The van der Waals surface area contributed by atoms with Crippen molar-refractivity contribution in [3.8, 4) is 6.07 Å². The van der Waals surface area contributed by atoms with E-state index in [-0.39, 0.29) is 0 Å². The summed E-state index contributed by atoms with van der Waals surface area (Å²) in [6, 6.07) is 2.13. The number of fused-ring (bicyclic) bond motifs is 1. The van der Waals surface area contributed by atoms with Gasteiger partial charge in [0.1, 0.15) is 17.2 Å². The SMILES string of the molecule is CCCC1CCC(F)c2sc(N)c(C#N)c21. The lowest BCUT2D eigenvalue weighted by Crippen LogP contribution is -2.10. The van der Waals surface area contributed by atoms with Gasteiger partial charge in [-0.25, -0.2) is 4.39 Å². The summed E-state index contributed by atoms with van der Waals surface area (Å²) >= 11 is 1.26. The van der Waals surface area contributed by atoms with Crippen molar-refractivity contribution >= 4 is 16.3 Å². The van der Waals surface area contributed by atoms with Crippen molar-refractivity contribution in [2.45, 2.75) is 44.7 Å². The zero-order valence-electron chi connectivity index (χ0n) is 9.29. The van der Waals surface area contributed by atoms with Crippen molar-refractivity contribution in [2.75, 3.05) is 5.73 Å². The van der Waals surface area contributed by atoms with Crippen LogP contribution in [0, 0.1) is 11.3 Å². The molecule has 0 aliphatic heterocycles. The van der Waals surface area contributed by atoms with Gasteiger partial charge in [0, 0.05) is 4.88 Å². The summed E-state index contributed by atoms with van der Waals surface area (Å²) in [7, 11) is 0. The van der Waals surface area contributed by atoms with Crippen LogP contribution in [0.4, 0.5) is 9.39 Å². The molecular weight excluding hydrogens is 223 g/mol. The second-order valence-electron chi connectivity index (χ2n) is 4.26. The van der Waals surface area contributed by atoms with Crippen molar-refractivity contribution in [1.29, 1.82) is 5.26 Å². The van der Waals surface area contributed by atoms with E-state index < -0.39 is 6.17 Å². The molecule has 0 saturated heterocycles. The minimum atomic E-state index is -0.919. The molecule has 16 heavy (non-hydrogen) atoms. The third kappa shape index (κ3) is 1.69. The highest BCUT2D eigenvalue weighted by molar-refractivity contribution is 7.16. The largest absolute Gasteiger partial charge is 0.389 e. The Kier molecular flexibility index (Phi) is 3.15. The van der Waals surface area contributed by atoms with E-state index >= 15 is 0 Å². The summed E-state index contributed by atoms with van der Waals surface area (Å²) in [4.78, 5) is 0.707. The van der Waals surface area contributed by atoms with Crippen LogP contribution in [-0.2, 0) is 0 Å². The molecule has 1 aliphatic rings. The number of anilines is 1. The first-order chi connectivity index (χ1) is 7.69. The number of hydrogen-bond acceptors (Lipinski definition) is 3. The van der Waals surface area contributed by atoms with Crippen LogP contribution in [0.3, 0.4) is 0 Å². The number of alkyl halides is 1. The van der Waals surface area contributed by atoms with Crippen molar-refractivity contribution in [3.63, 3.8) is 0 Å². The molecule has 2 rings (SSSR count). The molecule has 0 bridgehead atoms. The van der Waals surface area contributed by atoms with Gasteiger partial charge in [-0.05, 0) is 30.7 Å². The summed E-state index contributed by atoms with van der Waals surface area (Å²) in [5, 5.41) is 9.57. The molecule has 86 valence electrons. The highest BCUT2D eigenvalue weighted by atomic mass is 32.1. The van der Waals surface area contributed by atoms with Gasteiger partial charge in [-0.1, -0.05) is 13.3 Å². The van der Waals surface area contributed by atoms with Crippen LogP contribution >= 0.6 is 11.3 Å². The number of halogens is 1. The second-order valence-corrected chi connectivity index (χ2v) is 5.35. The highest BCUT2D eigenvalue weighted by Gasteiger charge is 2.32. The molecular formula is C12H15FN2S. The number of nitrogens with zero attached hydrogens (tertiary/aromatic N) is 1. The van der Waals surface area contributed by atoms with Gasteiger partial charge >= 0.3 is 0 Å². The molecule has 0 fully saturated rings. The third-order valence-electron chi connectivity index (χ3n) is 3.21. The van der Waals surface area contributed by atoms with Crippen LogP contribution < -0.4 is 5.73 Å². The first kappa shape index (κ1) is 11.4. The molecule has 0 amide bonds. The molecule has 4 heteroatoms. The number of thiophene rings is 1. The van der Waals surface area contributed by atoms with E-state index in [1.54, 1.807) is 0 Å². The number of nitrogen functional groups attached to an aromatic ring is 1. The van der Waals surface area contributed by atoms with Crippen LogP contribution in [0.25, 0.3) is 0 Å². The molecule has 0 saturated carbocycles. The Hall–Kier alpha value is -1.08. The van der Waals surface area contributed by atoms with Gasteiger partial charge in [0.2, 0.25) is 0 Å². The molecule has 2 N–H and O–H groups in total. The quantitative estimate of drug-likeness (QED) is 0.849. The molecule has 1 aliphatic carbocycles. The van der Waals surface area contributed by atoms with Crippen molar-refractivity contribution in [2.24, 2.45) is 0 Å². The minimum Gasteiger partial charge on any atom is -0.389 e. The number of nitrogens with two attached hydrogens (primary N) is 1. The first-order valence-electron chi connectivity index (χ1n) is 5.65.